The molecule has 1 fully saturated rings. The lowest BCUT2D eigenvalue weighted by molar-refractivity contribution is -0.154. The molecule has 3 rings (SSSR count). The summed E-state index contributed by atoms with van der Waals surface area (Å²) in [5.41, 5.74) is 0.603. The molecule has 1 unspecified atom stereocenters. The maximum atomic E-state index is 14.3. The van der Waals surface area contributed by atoms with Crippen molar-refractivity contribution < 1.29 is 49.8 Å². The van der Waals surface area contributed by atoms with Crippen molar-refractivity contribution in [3.63, 3.8) is 0 Å². The molecule has 0 amide bonds. The molecule has 0 bridgehead atoms. The molecular weight excluding hydrogens is 524 g/mol. The summed E-state index contributed by atoms with van der Waals surface area (Å²) >= 11 is 0. The molecule has 0 aromatic heterocycles. The van der Waals surface area contributed by atoms with E-state index in [1.165, 1.54) is 19.1 Å². The highest BCUT2D eigenvalue weighted by molar-refractivity contribution is 7.52. The fraction of sp³-hybridized carbons (Fsp3) is 0.458. The Morgan fingerprint density at radius 3 is 1.97 bits per heavy atom. The molecule has 1 N–H and O–H groups in total. The second-order valence-corrected chi connectivity index (χ2v) is 11.1. The molecule has 204 valence electrons. The predicted molar refractivity (Wildman–Crippen MR) is 123 cm³/mol. The van der Waals surface area contributed by atoms with Gasteiger partial charge in [0, 0.05) is 12.8 Å². The number of hydrogen-bond acceptors (Lipinski definition) is 6. The third-order valence-corrected chi connectivity index (χ3v) is 7.06. The second kappa shape index (κ2) is 11.4. The summed E-state index contributed by atoms with van der Waals surface area (Å²) in [7, 11) is -5.00. The lowest BCUT2D eigenvalue weighted by atomic mass is 9.87. The number of benzene rings is 2. The van der Waals surface area contributed by atoms with E-state index in [4.69, 9.17) is 18.5 Å². The van der Waals surface area contributed by atoms with Crippen LogP contribution in [0, 0.1) is 29.1 Å². The van der Waals surface area contributed by atoms with Gasteiger partial charge >= 0.3 is 13.7 Å². The smallest absolute Gasteiger partial charge is 0.461 e. The minimum atomic E-state index is -5.00. The monoisotopic (exact) mass is 551 g/mol. The van der Waals surface area contributed by atoms with E-state index in [-0.39, 0.29) is 11.2 Å². The standard InChI is InChI=1S/C24H27F5NO6P/c1-13(23(31)34-15-9-11-33-12-10-15)30-37(32,35-16-7-5-14(6-8-16)24(2,3)4)36-22-20(28)18(26)17(25)19(27)21(22)29/h5-8,13,15H,9-12H2,1-4H3,(H,30,32)/t13-,37?/m0/s1. The van der Waals surface area contributed by atoms with Crippen LogP contribution in [0.1, 0.15) is 46.1 Å². The first-order valence-corrected chi connectivity index (χ1v) is 12.9. The molecule has 7 nitrogen and oxygen atoms in total. The van der Waals surface area contributed by atoms with Crippen LogP contribution in [0.15, 0.2) is 24.3 Å². The van der Waals surface area contributed by atoms with Crippen LogP contribution in [0.5, 0.6) is 11.5 Å². The largest absolute Gasteiger partial charge is 0.513 e. The van der Waals surface area contributed by atoms with E-state index in [9.17, 15) is 31.3 Å². The van der Waals surface area contributed by atoms with Gasteiger partial charge in [-0.25, -0.2) is 17.7 Å². The average molecular weight is 551 g/mol. The van der Waals surface area contributed by atoms with Crippen LogP contribution in [0.3, 0.4) is 0 Å². The summed E-state index contributed by atoms with van der Waals surface area (Å²) in [5, 5.41) is 2.17. The van der Waals surface area contributed by atoms with Gasteiger partial charge in [0.1, 0.15) is 17.9 Å². The Balaban J connectivity index is 1.91. The second-order valence-electron chi connectivity index (χ2n) is 9.45. The van der Waals surface area contributed by atoms with Gasteiger partial charge < -0.3 is 18.5 Å². The summed E-state index contributed by atoms with van der Waals surface area (Å²) in [5.74, 6) is -14.6. The molecule has 0 aliphatic carbocycles. The molecular formula is C24H27F5NO6P. The first-order valence-electron chi connectivity index (χ1n) is 11.4. The number of carbonyl (C=O) groups excluding carboxylic acids is 1. The summed E-state index contributed by atoms with van der Waals surface area (Å²) in [4.78, 5) is 12.6. The minimum Gasteiger partial charge on any atom is -0.461 e. The lowest BCUT2D eigenvalue weighted by Crippen LogP contribution is -2.38. The van der Waals surface area contributed by atoms with E-state index in [0.29, 0.717) is 26.1 Å². The van der Waals surface area contributed by atoms with Gasteiger partial charge in [-0.1, -0.05) is 32.9 Å². The first kappa shape index (κ1) is 28.9. The number of esters is 1. The van der Waals surface area contributed by atoms with Crippen molar-refractivity contribution in [2.45, 2.75) is 58.1 Å². The van der Waals surface area contributed by atoms with Crippen molar-refractivity contribution in [2.75, 3.05) is 13.2 Å². The van der Waals surface area contributed by atoms with Gasteiger partial charge in [-0.05, 0) is 30.0 Å². The van der Waals surface area contributed by atoms with E-state index in [1.807, 2.05) is 20.8 Å². The van der Waals surface area contributed by atoms with Crippen molar-refractivity contribution in [1.29, 1.82) is 0 Å². The zero-order valence-electron chi connectivity index (χ0n) is 20.6. The molecule has 0 saturated carbocycles. The fourth-order valence-electron chi connectivity index (χ4n) is 3.36. The maximum Gasteiger partial charge on any atom is 0.513 e. The van der Waals surface area contributed by atoms with Crippen molar-refractivity contribution >= 4 is 13.7 Å². The van der Waals surface area contributed by atoms with Crippen molar-refractivity contribution in [3.05, 3.63) is 58.9 Å². The SMILES string of the molecule is C[C@H](NP(=O)(Oc1ccc(C(C)(C)C)cc1)Oc1c(F)c(F)c(F)c(F)c1F)C(=O)OC1CCOCC1. The molecule has 37 heavy (non-hydrogen) atoms. The molecule has 13 heteroatoms. The van der Waals surface area contributed by atoms with Crippen LogP contribution in [0.2, 0.25) is 0 Å². The van der Waals surface area contributed by atoms with Gasteiger partial charge in [-0.15, -0.1) is 0 Å². The summed E-state index contributed by atoms with van der Waals surface area (Å²) in [6.45, 7) is 7.76. The molecule has 1 heterocycles. The molecule has 2 atom stereocenters. The topological polar surface area (TPSA) is 83.1 Å². The molecule has 0 spiro atoms. The number of carbonyl (C=O) groups is 1. The van der Waals surface area contributed by atoms with Gasteiger partial charge in [-0.2, -0.15) is 13.9 Å². The Morgan fingerprint density at radius 2 is 1.46 bits per heavy atom. The molecule has 1 saturated heterocycles. The van der Waals surface area contributed by atoms with E-state index < -0.39 is 60.7 Å². The van der Waals surface area contributed by atoms with E-state index in [2.05, 4.69) is 5.09 Å². The lowest BCUT2D eigenvalue weighted by Gasteiger charge is -2.26. The fourth-order valence-corrected chi connectivity index (χ4v) is 4.88. The predicted octanol–water partition coefficient (Wildman–Crippen LogP) is 5.95. The normalized spacial score (nSPS) is 17.1. The van der Waals surface area contributed by atoms with Crippen LogP contribution < -0.4 is 14.1 Å². The van der Waals surface area contributed by atoms with E-state index >= 15 is 0 Å². The highest BCUT2D eigenvalue weighted by atomic mass is 31.2. The van der Waals surface area contributed by atoms with Gasteiger partial charge in [-0.3, -0.25) is 4.79 Å². The molecule has 0 radical (unpaired) electrons. The minimum absolute atomic E-state index is 0.127. The summed E-state index contributed by atoms with van der Waals surface area (Å²) in [6.07, 6.45) is 0.369. The third-order valence-electron chi connectivity index (χ3n) is 5.48. The third kappa shape index (κ3) is 7.00. The van der Waals surface area contributed by atoms with Crippen LogP contribution in [0.25, 0.3) is 0 Å². The van der Waals surface area contributed by atoms with Crippen LogP contribution in [-0.4, -0.2) is 31.3 Å². The number of rotatable bonds is 8. The number of halogens is 5. The average Bonchev–Trinajstić information content (AvgIpc) is 2.84. The van der Waals surface area contributed by atoms with E-state index in [0.717, 1.165) is 5.56 Å². The van der Waals surface area contributed by atoms with Crippen LogP contribution in [0.4, 0.5) is 22.0 Å². The quantitative estimate of drug-likeness (QED) is 0.143. The van der Waals surface area contributed by atoms with Gasteiger partial charge in [0.05, 0.1) is 13.2 Å². The van der Waals surface area contributed by atoms with Gasteiger partial charge in [0.25, 0.3) is 0 Å². The highest BCUT2D eigenvalue weighted by Gasteiger charge is 2.39. The molecule has 1 aliphatic heterocycles. The Kier molecular flexibility index (Phi) is 8.87. The Labute approximate surface area is 210 Å². The summed E-state index contributed by atoms with van der Waals surface area (Å²) < 4.78 is 104. The zero-order chi connectivity index (χ0) is 27.5. The van der Waals surface area contributed by atoms with Crippen LogP contribution in [-0.2, 0) is 24.2 Å². The number of hydrogen-bond donors (Lipinski definition) is 1. The van der Waals surface area contributed by atoms with Gasteiger partial charge in [0.2, 0.25) is 34.8 Å². The summed E-state index contributed by atoms with van der Waals surface area (Å²) in [6, 6.07) is 4.58. The van der Waals surface area contributed by atoms with Crippen molar-refractivity contribution in [1.82, 2.24) is 5.09 Å². The Bertz CT molecular complexity index is 1150. The first-order chi connectivity index (χ1) is 17.2. The van der Waals surface area contributed by atoms with Crippen molar-refractivity contribution in [2.24, 2.45) is 0 Å². The maximum absolute atomic E-state index is 14.3. The molecule has 1 aliphatic rings. The highest BCUT2D eigenvalue weighted by Crippen LogP contribution is 2.48. The molecule has 2 aromatic rings. The Morgan fingerprint density at radius 1 is 0.946 bits per heavy atom. The molecule has 2 aromatic carbocycles. The van der Waals surface area contributed by atoms with Crippen molar-refractivity contribution in [3.8, 4) is 11.5 Å². The number of nitrogens with one attached hydrogen (secondary N) is 1. The zero-order valence-corrected chi connectivity index (χ0v) is 21.5. The number of ether oxygens (including phenoxy) is 2. The van der Waals surface area contributed by atoms with E-state index in [1.54, 1.807) is 12.1 Å². The van der Waals surface area contributed by atoms with Gasteiger partial charge in [0.15, 0.2) is 0 Å². The van der Waals surface area contributed by atoms with Crippen LogP contribution >= 0.6 is 7.75 Å². The Hall–Kier alpha value is -2.69.